The van der Waals surface area contributed by atoms with E-state index in [0.717, 1.165) is 25.0 Å². The Bertz CT molecular complexity index is 954. The number of alkyl halides is 5. The predicted octanol–water partition coefficient (Wildman–Crippen LogP) is 5.52. The monoisotopic (exact) mass is 441 g/mol. The zero-order valence-corrected chi connectivity index (χ0v) is 16.5. The van der Waals surface area contributed by atoms with Crippen LogP contribution in [0.3, 0.4) is 0 Å². The molecule has 0 atom stereocenters. The molecule has 0 bridgehead atoms. The second-order valence-corrected chi connectivity index (χ2v) is 7.02. The van der Waals surface area contributed by atoms with Gasteiger partial charge in [-0.3, -0.25) is 4.79 Å². The molecule has 1 fully saturated rings. The first-order valence-corrected chi connectivity index (χ1v) is 9.45. The Labute approximate surface area is 175 Å². The zero-order valence-electron chi connectivity index (χ0n) is 16.5. The standard InChI is InChI=1S/C22H20F5NO3/c1-30-19-12-15(5-9-18(19)31-21(23)24)13-28(17-7-8-17)20(29)10-6-14-3-2-4-16(11-14)22(25,26)27/h2-6,9-12,17,21H,7-8,13H2,1H3/b10-6+. The number of hydrogen-bond acceptors (Lipinski definition) is 3. The number of halogens is 5. The van der Waals surface area contributed by atoms with Gasteiger partial charge in [0.2, 0.25) is 5.91 Å². The molecule has 3 rings (SSSR count). The molecule has 0 N–H and O–H groups in total. The summed E-state index contributed by atoms with van der Waals surface area (Å²) in [6, 6.07) is 9.11. The Hall–Kier alpha value is -3.10. The molecule has 0 aromatic heterocycles. The maximum absolute atomic E-state index is 12.9. The van der Waals surface area contributed by atoms with Gasteiger partial charge in [-0.25, -0.2) is 0 Å². The Morgan fingerprint density at radius 1 is 1.16 bits per heavy atom. The van der Waals surface area contributed by atoms with Crippen LogP contribution in [-0.4, -0.2) is 30.6 Å². The fraction of sp³-hybridized carbons (Fsp3) is 0.318. The normalized spacial score (nSPS) is 14.2. The summed E-state index contributed by atoms with van der Waals surface area (Å²) in [4.78, 5) is 14.3. The van der Waals surface area contributed by atoms with Crippen LogP contribution in [-0.2, 0) is 17.5 Å². The van der Waals surface area contributed by atoms with Gasteiger partial charge in [0.25, 0.3) is 0 Å². The van der Waals surface area contributed by atoms with Gasteiger partial charge in [0.05, 0.1) is 12.7 Å². The van der Waals surface area contributed by atoms with Crippen molar-refractivity contribution in [2.45, 2.75) is 38.2 Å². The van der Waals surface area contributed by atoms with Crippen LogP contribution >= 0.6 is 0 Å². The van der Waals surface area contributed by atoms with E-state index in [1.54, 1.807) is 11.0 Å². The number of carbonyl (C=O) groups excluding carboxylic acids is 1. The second-order valence-electron chi connectivity index (χ2n) is 7.02. The lowest BCUT2D eigenvalue weighted by Gasteiger charge is -2.21. The van der Waals surface area contributed by atoms with Crippen LogP contribution in [0.1, 0.15) is 29.5 Å². The Morgan fingerprint density at radius 2 is 1.90 bits per heavy atom. The number of amides is 1. The van der Waals surface area contributed by atoms with Gasteiger partial charge in [0, 0.05) is 18.7 Å². The van der Waals surface area contributed by atoms with E-state index < -0.39 is 18.4 Å². The number of hydrogen-bond donors (Lipinski definition) is 0. The van der Waals surface area contributed by atoms with Gasteiger partial charge in [-0.15, -0.1) is 0 Å². The molecule has 31 heavy (non-hydrogen) atoms. The first-order chi connectivity index (χ1) is 14.7. The highest BCUT2D eigenvalue weighted by Crippen LogP contribution is 2.33. The summed E-state index contributed by atoms with van der Waals surface area (Å²) in [5.74, 6) is -0.359. The van der Waals surface area contributed by atoms with Crippen LogP contribution in [0.25, 0.3) is 6.08 Å². The molecule has 1 saturated carbocycles. The third-order valence-electron chi connectivity index (χ3n) is 4.70. The maximum Gasteiger partial charge on any atom is 0.416 e. The number of nitrogens with zero attached hydrogens (tertiary/aromatic N) is 1. The minimum absolute atomic E-state index is 0.0154. The average molecular weight is 441 g/mol. The van der Waals surface area contributed by atoms with Crippen molar-refractivity contribution in [2.24, 2.45) is 0 Å². The summed E-state index contributed by atoms with van der Waals surface area (Å²) in [6.45, 7) is -2.80. The van der Waals surface area contributed by atoms with Crippen molar-refractivity contribution < 1.29 is 36.2 Å². The fourth-order valence-electron chi connectivity index (χ4n) is 3.06. The number of ether oxygens (including phenoxy) is 2. The third kappa shape index (κ3) is 6.19. The highest BCUT2D eigenvalue weighted by Gasteiger charge is 2.32. The molecule has 9 heteroatoms. The van der Waals surface area contributed by atoms with Crippen molar-refractivity contribution in [2.75, 3.05) is 7.11 Å². The van der Waals surface area contributed by atoms with Crippen molar-refractivity contribution in [3.8, 4) is 11.5 Å². The van der Waals surface area contributed by atoms with Crippen molar-refractivity contribution in [3.63, 3.8) is 0 Å². The van der Waals surface area contributed by atoms with Crippen LogP contribution in [0.5, 0.6) is 11.5 Å². The lowest BCUT2D eigenvalue weighted by atomic mass is 10.1. The molecule has 4 nitrogen and oxygen atoms in total. The van der Waals surface area contributed by atoms with E-state index in [9.17, 15) is 26.7 Å². The van der Waals surface area contributed by atoms with Crippen LogP contribution < -0.4 is 9.47 Å². The number of rotatable bonds is 8. The Morgan fingerprint density at radius 3 is 2.52 bits per heavy atom. The SMILES string of the molecule is COc1cc(CN(C(=O)/C=C/c2cccc(C(F)(F)F)c2)C2CC2)ccc1OC(F)F. The highest BCUT2D eigenvalue weighted by atomic mass is 19.4. The molecule has 0 heterocycles. The van der Waals surface area contributed by atoms with E-state index in [1.165, 1.54) is 43.5 Å². The van der Waals surface area contributed by atoms with Gasteiger partial charge >= 0.3 is 12.8 Å². The summed E-state index contributed by atoms with van der Waals surface area (Å²) >= 11 is 0. The van der Waals surface area contributed by atoms with Crippen molar-refractivity contribution in [3.05, 3.63) is 65.2 Å². The largest absolute Gasteiger partial charge is 0.493 e. The Balaban J connectivity index is 1.74. The highest BCUT2D eigenvalue weighted by molar-refractivity contribution is 5.92. The number of methoxy groups -OCH3 is 1. The Kier molecular flexibility index (Phi) is 6.82. The topological polar surface area (TPSA) is 38.8 Å². The van der Waals surface area contributed by atoms with Crippen LogP contribution in [0, 0.1) is 0 Å². The molecule has 2 aromatic carbocycles. The van der Waals surface area contributed by atoms with Gasteiger partial charge < -0.3 is 14.4 Å². The smallest absolute Gasteiger partial charge is 0.416 e. The summed E-state index contributed by atoms with van der Waals surface area (Å²) < 4.78 is 73.0. The van der Waals surface area contributed by atoms with Crippen LogP contribution in [0.2, 0.25) is 0 Å². The van der Waals surface area contributed by atoms with Gasteiger partial charge in [-0.1, -0.05) is 18.2 Å². The molecule has 0 unspecified atom stereocenters. The lowest BCUT2D eigenvalue weighted by molar-refractivity contribution is -0.137. The zero-order chi connectivity index (χ0) is 22.6. The summed E-state index contributed by atoms with van der Waals surface area (Å²) in [7, 11) is 1.32. The minimum Gasteiger partial charge on any atom is -0.493 e. The summed E-state index contributed by atoms with van der Waals surface area (Å²) in [5, 5.41) is 0. The van der Waals surface area contributed by atoms with E-state index in [2.05, 4.69) is 4.74 Å². The molecule has 0 aliphatic heterocycles. The lowest BCUT2D eigenvalue weighted by Crippen LogP contribution is -2.31. The molecule has 0 radical (unpaired) electrons. The van der Waals surface area contributed by atoms with Gasteiger partial charge in [0.1, 0.15) is 0 Å². The van der Waals surface area contributed by atoms with Crippen molar-refractivity contribution >= 4 is 12.0 Å². The predicted molar refractivity (Wildman–Crippen MR) is 104 cm³/mol. The second kappa shape index (κ2) is 9.36. The number of carbonyl (C=O) groups is 1. The molecular weight excluding hydrogens is 421 g/mol. The molecule has 1 amide bonds. The molecular formula is C22H20F5NO3. The van der Waals surface area contributed by atoms with Gasteiger partial charge in [0.15, 0.2) is 11.5 Å². The molecule has 0 spiro atoms. The van der Waals surface area contributed by atoms with Crippen molar-refractivity contribution in [1.82, 2.24) is 4.90 Å². The van der Waals surface area contributed by atoms with Gasteiger partial charge in [-0.2, -0.15) is 22.0 Å². The third-order valence-corrected chi connectivity index (χ3v) is 4.70. The van der Waals surface area contributed by atoms with E-state index in [-0.39, 0.29) is 35.6 Å². The summed E-state index contributed by atoms with van der Waals surface area (Å²) in [5.41, 5.74) is 0.111. The minimum atomic E-state index is -4.47. The first-order valence-electron chi connectivity index (χ1n) is 9.45. The average Bonchev–Trinajstić information content (AvgIpc) is 3.55. The van der Waals surface area contributed by atoms with E-state index in [4.69, 9.17) is 4.74 Å². The van der Waals surface area contributed by atoms with Gasteiger partial charge in [-0.05, 0) is 54.3 Å². The van der Waals surface area contributed by atoms with E-state index in [1.807, 2.05) is 0 Å². The van der Waals surface area contributed by atoms with Crippen molar-refractivity contribution in [1.29, 1.82) is 0 Å². The van der Waals surface area contributed by atoms with Crippen LogP contribution in [0.15, 0.2) is 48.5 Å². The van der Waals surface area contributed by atoms with E-state index >= 15 is 0 Å². The molecule has 1 aliphatic rings. The fourth-order valence-corrected chi connectivity index (χ4v) is 3.06. The maximum atomic E-state index is 12.9. The van der Waals surface area contributed by atoms with Crippen LogP contribution in [0.4, 0.5) is 22.0 Å². The molecule has 0 saturated heterocycles. The molecule has 1 aliphatic carbocycles. The quantitative estimate of drug-likeness (QED) is 0.400. The van der Waals surface area contributed by atoms with E-state index in [0.29, 0.717) is 5.56 Å². The molecule has 2 aromatic rings. The first kappa shape index (κ1) is 22.6. The molecule has 166 valence electrons. The summed E-state index contributed by atoms with van der Waals surface area (Å²) in [6.07, 6.45) is -0.265. The number of benzene rings is 2.